The van der Waals surface area contributed by atoms with Crippen LogP contribution in [0.3, 0.4) is 0 Å². The maximum atomic E-state index is 2.29. The molecule has 0 saturated heterocycles. The van der Waals surface area contributed by atoms with Crippen LogP contribution in [0.1, 0.15) is 90.9 Å². The minimum atomic E-state index is 1.26. The molecule has 0 amide bonds. The molecule has 0 saturated carbocycles. The highest BCUT2D eigenvalue weighted by atomic mass is 31.1. The lowest BCUT2D eigenvalue weighted by Crippen LogP contribution is -1.84. The standard InChI is InChI=1S/C16H35P/c1-3-5-7-9-11-13-15-17-16-14-12-10-8-6-4-2/h17H,3-16H2,1-2H3. The third kappa shape index (κ3) is 16.4. The van der Waals surface area contributed by atoms with Crippen molar-refractivity contribution in [1.29, 1.82) is 0 Å². The van der Waals surface area contributed by atoms with Crippen LogP contribution in [-0.4, -0.2) is 12.3 Å². The normalized spacial score (nSPS) is 10.9. The Bertz CT molecular complexity index is 109. The Kier molecular flexibility index (Phi) is 16.8. The van der Waals surface area contributed by atoms with Gasteiger partial charge in [-0.2, -0.15) is 0 Å². The molecule has 0 aliphatic rings. The van der Waals surface area contributed by atoms with Crippen molar-refractivity contribution in [1.82, 2.24) is 0 Å². The van der Waals surface area contributed by atoms with E-state index >= 15 is 0 Å². The molecule has 104 valence electrons. The Balaban J connectivity index is 2.85. The molecule has 0 fully saturated rings. The van der Waals surface area contributed by atoms with Crippen molar-refractivity contribution in [3.8, 4) is 0 Å². The van der Waals surface area contributed by atoms with Gasteiger partial charge in [-0.15, -0.1) is 8.58 Å². The summed E-state index contributed by atoms with van der Waals surface area (Å²) in [5.41, 5.74) is 0. The molecule has 1 heteroatoms. The number of rotatable bonds is 14. The molecular formula is C16H35P. The van der Waals surface area contributed by atoms with Gasteiger partial charge >= 0.3 is 0 Å². The molecule has 0 unspecified atom stereocenters. The summed E-state index contributed by atoms with van der Waals surface area (Å²) in [6.07, 6.45) is 20.5. The van der Waals surface area contributed by atoms with Crippen LogP contribution >= 0.6 is 8.58 Å². The quantitative estimate of drug-likeness (QED) is 0.250. The van der Waals surface area contributed by atoms with E-state index in [0.29, 0.717) is 0 Å². The second-order valence-corrected chi connectivity index (χ2v) is 6.79. The summed E-state index contributed by atoms with van der Waals surface area (Å²) in [7, 11) is 1.26. The second-order valence-electron chi connectivity index (χ2n) is 5.29. The summed E-state index contributed by atoms with van der Waals surface area (Å²) in [4.78, 5) is 0. The van der Waals surface area contributed by atoms with Crippen molar-refractivity contribution in [2.45, 2.75) is 90.9 Å². The Morgan fingerprint density at radius 1 is 0.471 bits per heavy atom. The van der Waals surface area contributed by atoms with Crippen molar-refractivity contribution >= 4 is 8.58 Å². The zero-order valence-electron chi connectivity index (χ0n) is 12.4. The van der Waals surface area contributed by atoms with Gasteiger partial charge < -0.3 is 0 Å². The molecule has 0 aromatic heterocycles. The molecule has 0 heterocycles. The smallest absolute Gasteiger partial charge is 0.0353 e. The van der Waals surface area contributed by atoms with Crippen LogP contribution in [0.5, 0.6) is 0 Å². The molecule has 0 aliphatic carbocycles. The van der Waals surface area contributed by atoms with Gasteiger partial charge in [0, 0.05) is 0 Å². The predicted octanol–water partition coefficient (Wildman–Crippen LogP) is 6.39. The molecular weight excluding hydrogens is 223 g/mol. The molecule has 0 aliphatic heterocycles. The van der Waals surface area contributed by atoms with Crippen LogP contribution in [0.4, 0.5) is 0 Å². The SMILES string of the molecule is CCCCCCCCPCCCCCCCC. The lowest BCUT2D eigenvalue weighted by atomic mass is 10.1. The van der Waals surface area contributed by atoms with Gasteiger partial charge in [0.25, 0.3) is 0 Å². The summed E-state index contributed by atoms with van der Waals surface area (Å²) in [5.74, 6) is 0. The average molecular weight is 258 g/mol. The molecule has 0 aromatic rings. The maximum absolute atomic E-state index is 2.29. The summed E-state index contributed by atoms with van der Waals surface area (Å²) in [6.45, 7) is 4.59. The van der Waals surface area contributed by atoms with Gasteiger partial charge in [0.05, 0.1) is 0 Å². The van der Waals surface area contributed by atoms with Crippen LogP contribution in [0.2, 0.25) is 0 Å². The fourth-order valence-corrected chi connectivity index (χ4v) is 3.44. The Labute approximate surface area is 112 Å². The van der Waals surface area contributed by atoms with Crippen molar-refractivity contribution in [2.24, 2.45) is 0 Å². The molecule has 0 radical (unpaired) electrons. The maximum Gasteiger partial charge on any atom is -0.0353 e. The first-order chi connectivity index (χ1) is 8.41. The summed E-state index contributed by atoms with van der Waals surface area (Å²) < 4.78 is 0. The minimum Gasteiger partial charge on any atom is -0.122 e. The van der Waals surface area contributed by atoms with Gasteiger partial charge in [-0.1, -0.05) is 78.1 Å². The fourth-order valence-electron chi connectivity index (χ4n) is 2.19. The van der Waals surface area contributed by atoms with E-state index in [1.54, 1.807) is 0 Å². The largest absolute Gasteiger partial charge is 0.122 e. The average Bonchev–Trinajstić information content (AvgIpc) is 2.35. The van der Waals surface area contributed by atoms with Crippen molar-refractivity contribution in [2.75, 3.05) is 12.3 Å². The third-order valence-electron chi connectivity index (χ3n) is 3.41. The monoisotopic (exact) mass is 258 g/mol. The van der Waals surface area contributed by atoms with Gasteiger partial charge in [0.2, 0.25) is 0 Å². The van der Waals surface area contributed by atoms with Crippen LogP contribution < -0.4 is 0 Å². The first-order valence-electron chi connectivity index (χ1n) is 8.12. The van der Waals surface area contributed by atoms with Crippen LogP contribution in [-0.2, 0) is 0 Å². The van der Waals surface area contributed by atoms with Gasteiger partial charge in [0.1, 0.15) is 0 Å². The number of hydrogen-bond acceptors (Lipinski definition) is 0. The van der Waals surface area contributed by atoms with Crippen LogP contribution in [0.25, 0.3) is 0 Å². The summed E-state index contributed by atoms with van der Waals surface area (Å²) in [6, 6.07) is 0. The van der Waals surface area contributed by atoms with E-state index in [-0.39, 0.29) is 0 Å². The highest BCUT2D eigenvalue weighted by molar-refractivity contribution is 7.37. The second kappa shape index (κ2) is 16.4. The first kappa shape index (κ1) is 17.4. The molecule has 17 heavy (non-hydrogen) atoms. The zero-order valence-corrected chi connectivity index (χ0v) is 13.4. The first-order valence-corrected chi connectivity index (χ1v) is 9.54. The predicted molar refractivity (Wildman–Crippen MR) is 84.8 cm³/mol. The third-order valence-corrected chi connectivity index (χ3v) is 4.83. The Hall–Kier alpha value is 0.430. The van der Waals surface area contributed by atoms with Gasteiger partial charge in [0.15, 0.2) is 0 Å². The number of unbranched alkanes of at least 4 members (excludes halogenated alkanes) is 10. The van der Waals surface area contributed by atoms with E-state index in [4.69, 9.17) is 0 Å². The molecule has 0 spiro atoms. The van der Waals surface area contributed by atoms with Crippen LogP contribution in [0, 0.1) is 0 Å². The van der Waals surface area contributed by atoms with Crippen molar-refractivity contribution < 1.29 is 0 Å². The summed E-state index contributed by atoms with van der Waals surface area (Å²) >= 11 is 0. The van der Waals surface area contributed by atoms with Gasteiger partial charge in [-0.05, 0) is 25.2 Å². The molecule has 0 N–H and O–H groups in total. The molecule has 0 rings (SSSR count). The fraction of sp³-hybridized carbons (Fsp3) is 1.00. The highest BCUT2D eigenvalue weighted by Crippen LogP contribution is 2.17. The lowest BCUT2D eigenvalue weighted by Gasteiger charge is -2.03. The van der Waals surface area contributed by atoms with E-state index in [2.05, 4.69) is 13.8 Å². The Morgan fingerprint density at radius 3 is 1.24 bits per heavy atom. The van der Waals surface area contributed by atoms with Gasteiger partial charge in [-0.3, -0.25) is 0 Å². The van der Waals surface area contributed by atoms with E-state index in [0.717, 1.165) is 0 Å². The van der Waals surface area contributed by atoms with Crippen LogP contribution in [0.15, 0.2) is 0 Å². The molecule has 0 atom stereocenters. The lowest BCUT2D eigenvalue weighted by molar-refractivity contribution is 0.623. The number of hydrogen-bond donors (Lipinski definition) is 0. The minimum absolute atomic E-state index is 1.26. The zero-order chi connectivity index (χ0) is 12.6. The highest BCUT2D eigenvalue weighted by Gasteiger charge is 1.93. The van der Waals surface area contributed by atoms with E-state index in [1.165, 1.54) is 98.0 Å². The van der Waals surface area contributed by atoms with Crippen molar-refractivity contribution in [3.63, 3.8) is 0 Å². The Morgan fingerprint density at radius 2 is 0.824 bits per heavy atom. The van der Waals surface area contributed by atoms with E-state index in [9.17, 15) is 0 Å². The molecule has 0 aromatic carbocycles. The molecule has 0 bridgehead atoms. The van der Waals surface area contributed by atoms with Gasteiger partial charge in [-0.25, -0.2) is 0 Å². The van der Waals surface area contributed by atoms with E-state index in [1.807, 2.05) is 0 Å². The van der Waals surface area contributed by atoms with Crippen molar-refractivity contribution in [3.05, 3.63) is 0 Å². The van der Waals surface area contributed by atoms with E-state index < -0.39 is 0 Å². The topological polar surface area (TPSA) is 0 Å². The summed E-state index contributed by atoms with van der Waals surface area (Å²) in [5, 5.41) is 0. The molecule has 0 nitrogen and oxygen atoms in total.